The van der Waals surface area contributed by atoms with E-state index in [4.69, 9.17) is 9.15 Å². The van der Waals surface area contributed by atoms with Crippen molar-refractivity contribution in [1.82, 2.24) is 15.5 Å². The Balaban J connectivity index is 0.00000261. The average Bonchev–Trinajstić information content (AvgIpc) is 3.39. The number of methoxy groups -OCH3 is 1. The van der Waals surface area contributed by atoms with Crippen LogP contribution in [0.4, 0.5) is 0 Å². The molecule has 3 rings (SSSR count). The summed E-state index contributed by atoms with van der Waals surface area (Å²) >= 11 is 0. The van der Waals surface area contributed by atoms with E-state index in [2.05, 4.69) is 32.7 Å². The van der Waals surface area contributed by atoms with Crippen LogP contribution in [-0.4, -0.2) is 44.7 Å². The summed E-state index contributed by atoms with van der Waals surface area (Å²) in [5, 5.41) is 6.80. The number of ether oxygens (including phenoxy) is 1. The van der Waals surface area contributed by atoms with E-state index in [9.17, 15) is 0 Å². The van der Waals surface area contributed by atoms with Gasteiger partial charge in [-0.25, -0.2) is 0 Å². The summed E-state index contributed by atoms with van der Waals surface area (Å²) in [6, 6.07) is 12.2. The molecule has 7 heteroatoms. The fourth-order valence-corrected chi connectivity index (χ4v) is 3.39. The van der Waals surface area contributed by atoms with Crippen LogP contribution in [0.1, 0.15) is 30.2 Å². The predicted octanol–water partition coefficient (Wildman–Crippen LogP) is 3.41. The van der Waals surface area contributed by atoms with E-state index >= 15 is 0 Å². The fraction of sp³-hybridized carbons (Fsp3) is 0.450. The maximum absolute atomic E-state index is 5.68. The number of benzene rings is 1. The van der Waals surface area contributed by atoms with Crippen molar-refractivity contribution in [2.75, 3.05) is 33.8 Å². The quantitative estimate of drug-likeness (QED) is 0.359. The van der Waals surface area contributed by atoms with Crippen molar-refractivity contribution in [2.24, 2.45) is 4.99 Å². The van der Waals surface area contributed by atoms with E-state index < -0.39 is 0 Å². The highest BCUT2D eigenvalue weighted by atomic mass is 127. The molecule has 1 aromatic carbocycles. The van der Waals surface area contributed by atoms with Crippen molar-refractivity contribution in [2.45, 2.75) is 25.4 Å². The highest BCUT2D eigenvalue weighted by Gasteiger charge is 2.25. The number of guanidine groups is 1. The summed E-state index contributed by atoms with van der Waals surface area (Å²) in [5.74, 6) is 2.65. The van der Waals surface area contributed by atoms with Crippen LogP contribution in [0.5, 0.6) is 5.75 Å². The molecule has 0 aliphatic carbocycles. The molecule has 2 heterocycles. The van der Waals surface area contributed by atoms with Crippen molar-refractivity contribution < 1.29 is 9.15 Å². The predicted molar refractivity (Wildman–Crippen MR) is 119 cm³/mol. The van der Waals surface area contributed by atoms with Crippen LogP contribution in [0.15, 0.2) is 52.1 Å². The Morgan fingerprint density at radius 3 is 2.63 bits per heavy atom. The van der Waals surface area contributed by atoms with Gasteiger partial charge in [-0.05, 0) is 44.1 Å². The molecule has 0 radical (unpaired) electrons. The second-order valence-electron chi connectivity index (χ2n) is 6.39. The number of hydrogen-bond donors (Lipinski definition) is 2. The first-order chi connectivity index (χ1) is 12.8. The van der Waals surface area contributed by atoms with Gasteiger partial charge in [-0.3, -0.25) is 9.89 Å². The SMILES string of the molecule is CN=C(NCc1ccccc1OC)NCC(c1ccco1)N1CCCC1.I. The molecule has 0 amide bonds. The monoisotopic (exact) mass is 484 g/mol. The standard InChI is InChI=1S/C20H28N4O2.HI/c1-21-20(22-14-16-8-3-4-9-18(16)25-2)23-15-17(19-10-7-13-26-19)24-11-5-6-12-24;/h3-4,7-10,13,17H,5-6,11-12,14-15H2,1-2H3,(H2,21,22,23);1H. The van der Waals surface area contributed by atoms with Gasteiger partial charge in [0.1, 0.15) is 11.5 Å². The third kappa shape index (κ3) is 5.87. The van der Waals surface area contributed by atoms with Crippen molar-refractivity contribution in [1.29, 1.82) is 0 Å². The van der Waals surface area contributed by atoms with Gasteiger partial charge >= 0.3 is 0 Å². The van der Waals surface area contributed by atoms with Gasteiger partial charge in [0.15, 0.2) is 5.96 Å². The summed E-state index contributed by atoms with van der Waals surface area (Å²) in [4.78, 5) is 6.81. The molecule has 0 bridgehead atoms. The van der Waals surface area contributed by atoms with E-state index in [1.807, 2.05) is 24.3 Å². The van der Waals surface area contributed by atoms with Crippen molar-refractivity contribution in [3.63, 3.8) is 0 Å². The second-order valence-corrected chi connectivity index (χ2v) is 6.39. The number of rotatable bonds is 7. The fourth-order valence-electron chi connectivity index (χ4n) is 3.39. The molecule has 1 fully saturated rings. The lowest BCUT2D eigenvalue weighted by molar-refractivity contribution is 0.215. The lowest BCUT2D eigenvalue weighted by Crippen LogP contribution is -2.42. The Morgan fingerprint density at radius 1 is 1.19 bits per heavy atom. The van der Waals surface area contributed by atoms with E-state index in [1.54, 1.807) is 20.4 Å². The molecule has 1 aliphatic heterocycles. The largest absolute Gasteiger partial charge is 0.496 e. The minimum Gasteiger partial charge on any atom is -0.496 e. The number of likely N-dealkylation sites (tertiary alicyclic amines) is 1. The highest BCUT2D eigenvalue weighted by Crippen LogP contribution is 2.24. The molecule has 1 aliphatic rings. The molecule has 6 nitrogen and oxygen atoms in total. The zero-order valence-corrected chi connectivity index (χ0v) is 18.3. The summed E-state index contributed by atoms with van der Waals surface area (Å²) in [6.07, 6.45) is 4.24. The van der Waals surface area contributed by atoms with Crippen LogP contribution in [0.25, 0.3) is 0 Å². The number of nitrogens with one attached hydrogen (secondary N) is 2. The molecule has 1 atom stereocenters. The van der Waals surface area contributed by atoms with E-state index in [0.717, 1.165) is 42.7 Å². The molecule has 2 aromatic rings. The molecular weight excluding hydrogens is 455 g/mol. The van der Waals surface area contributed by atoms with Crippen LogP contribution < -0.4 is 15.4 Å². The Hall–Kier alpha value is -1.74. The molecule has 1 aromatic heterocycles. The van der Waals surface area contributed by atoms with Crippen molar-refractivity contribution >= 4 is 29.9 Å². The molecule has 148 valence electrons. The van der Waals surface area contributed by atoms with Gasteiger partial charge in [-0.2, -0.15) is 0 Å². The van der Waals surface area contributed by atoms with E-state index in [1.165, 1.54) is 12.8 Å². The molecular formula is C20H29IN4O2. The molecule has 27 heavy (non-hydrogen) atoms. The van der Waals surface area contributed by atoms with Gasteiger partial charge in [-0.15, -0.1) is 24.0 Å². The maximum Gasteiger partial charge on any atom is 0.191 e. The van der Waals surface area contributed by atoms with E-state index in [-0.39, 0.29) is 30.0 Å². The minimum absolute atomic E-state index is 0. The molecule has 2 N–H and O–H groups in total. The number of aliphatic imine (C=N–C) groups is 1. The highest BCUT2D eigenvalue weighted by molar-refractivity contribution is 14.0. The van der Waals surface area contributed by atoms with Gasteiger partial charge in [0.25, 0.3) is 0 Å². The Morgan fingerprint density at radius 2 is 1.96 bits per heavy atom. The lowest BCUT2D eigenvalue weighted by Gasteiger charge is -2.26. The number of hydrogen-bond acceptors (Lipinski definition) is 4. The summed E-state index contributed by atoms with van der Waals surface area (Å²) < 4.78 is 11.1. The third-order valence-corrected chi connectivity index (χ3v) is 4.78. The number of furan rings is 1. The first-order valence-electron chi connectivity index (χ1n) is 9.15. The summed E-state index contributed by atoms with van der Waals surface area (Å²) in [6.45, 7) is 3.62. The van der Waals surface area contributed by atoms with Gasteiger partial charge in [-0.1, -0.05) is 18.2 Å². The van der Waals surface area contributed by atoms with Gasteiger partial charge in [0, 0.05) is 25.7 Å². The third-order valence-electron chi connectivity index (χ3n) is 4.78. The lowest BCUT2D eigenvalue weighted by atomic mass is 10.2. The molecule has 1 saturated heterocycles. The van der Waals surface area contributed by atoms with Crippen LogP contribution in [0.3, 0.4) is 0 Å². The Kier molecular flexibility index (Phi) is 8.93. The minimum atomic E-state index is 0. The van der Waals surface area contributed by atoms with Crippen molar-refractivity contribution in [3.8, 4) is 5.75 Å². The number of halogens is 1. The molecule has 0 spiro atoms. The van der Waals surface area contributed by atoms with Gasteiger partial charge < -0.3 is 19.8 Å². The van der Waals surface area contributed by atoms with Crippen LogP contribution in [-0.2, 0) is 6.54 Å². The summed E-state index contributed by atoms with van der Waals surface area (Å²) in [7, 11) is 3.48. The Bertz CT molecular complexity index is 700. The van der Waals surface area contributed by atoms with Gasteiger partial charge in [0.05, 0.1) is 19.4 Å². The molecule has 1 unspecified atom stereocenters. The normalized spacial score (nSPS) is 15.9. The van der Waals surface area contributed by atoms with Crippen LogP contribution in [0, 0.1) is 0 Å². The van der Waals surface area contributed by atoms with Crippen LogP contribution >= 0.6 is 24.0 Å². The van der Waals surface area contributed by atoms with E-state index in [0.29, 0.717) is 6.54 Å². The van der Waals surface area contributed by atoms with Crippen LogP contribution in [0.2, 0.25) is 0 Å². The molecule has 0 saturated carbocycles. The maximum atomic E-state index is 5.68. The summed E-state index contributed by atoms with van der Waals surface area (Å²) in [5.41, 5.74) is 1.10. The topological polar surface area (TPSA) is 62.0 Å². The number of nitrogens with zero attached hydrogens (tertiary/aromatic N) is 2. The Labute approximate surface area is 178 Å². The smallest absolute Gasteiger partial charge is 0.191 e. The average molecular weight is 484 g/mol. The second kappa shape index (κ2) is 11.2. The van der Waals surface area contributed by atoms with Crippen molar-refractivity contribution in [3.05, 3.63) is 54.0 Å². The number of para-hydroxylation sites is 1. The zero-order chi connectivity index (χ0) is 18.2. The first kappa shape index (κ1) is 21.6. The first-order valence-corrected chi connectivity index (χ1v) is 9.15. The zero-order valence-electron chi connectivity index (χ0n) is 16.0. The van der Waals surface area contributed by atoms with Gasteiger partial charge in [0.2, 0.25) is 0 Å².